The van der Waals surface area contributed by atoms with Crippen LogP contribution in [0.4, 0.5) is 13.2 Å². The molecule has 0 fully saturated rings. The van der Waals surface area contributed by atoms with Crippen molar-refractivity contribution in [2.75, 3.05) is 6.66 Å². The van der Waals surface area contributed by atoms with Crippen LogP contribution in [0, 0.1) is 0 Å². The summed E-state index contributed by atoms with van der Waals surface area (Å²) in [7, 11) is -3.86. The topological polar surface area (TPSA) is 75.6 Å². The maximum Gasteiger partial charge on any atom is 0.573 e. The molecule has 0 aliphatic rings. The first kappa shape index (κ1) is 26.1. The van der Waals surface area contributed by atoms with Gasteiger partial charge in [0.2, 0.25) is 13.3 Å². The lowest BCUT2D eigenvalue weighted by molar-refractivity contribution is -0.274. The van der Waals surface area contributed by atoms with Gasteiger partial charge in [0.05, 0.1) is 0 Å². The molecule has 2 rings (SSSR count). The third kappa shape index (κ3) is 8.39. The van der Waals surface area contributed by atoms with Crippen molar-refractivity contribution >= 4 is 42.7 Å². The molecule has 0 radical (unpaired) electrons. The van der Waals surface area contributed by atoms with Gasteiger partial charge in [0, 0.05) is 22.8 Å². The first-order valence-corrected chi connectivity index (χ1v) is 12.5. The van der Waals surface area contributed by atoms with E-state index in [9.17, 15) is 27.4 Å². The van der Waals surface area contributed by atoms with E-state index in [1.807, 2.05) is 0 Å². The highest BCUT2D eigenvalue weighted by Gasteiger charge is 2.33. The number of halogens is 4. The van der Waals surface area contributed by atoms with Crippen LogP contribution in [-0.2, 0) is 15.8 Å². The van der Waals surface area contributed by atoms with Crippen LogP contribution in [0.25, 0.3) is 6.08 Å². The van der Waals surface area contributed by atoms with Crippen molar-refractivity contribution in [1.29, 1.82) is 0 Å². The van der Waals surface area contributed by atoms with Gasteiger partial charge in [-0.15, -0.1) is 13.2 Å². The molecule has 11 heteroatoms. The van der Waals surface area contributed by atoms with Crippen molar-refractivity contribution in [3.63, 3.8) is 0 Å². The van der Waals surface area contributed by atoms with Crippen molar-refractivity contribution in [3.05, 3.63) is 76.8 Å². The number of amides is 1. The number of thioether (sulfide) groups is 1. The molecule has 2 unspecified atom stereocenters. The van der Waals surface area contributed by atoms with E-state index in [-0.39, 0.29) is 6.42 Å². The molecule has 1 amide bonds. The average Bonchev–Trinajstić information content (AvgIpc) is 2.66. The van der Waals surface area contributed by atoms with Crippen molar-refractivity contribution < 1.29 is 32.2 Å². The Morgan fingerprint density at radius 2 is 2.06 bits per heavy atom. The van der Waals surface area contributed by atoms with Crippen LogP contribution in [0.1, 0.15) is 11.1 Å². The molecule has 0 saturated carbocycles. The molecular formula is C21H20ClF3NO4PS. The summed E-state index contributed by atoms with van der Waals surface area (Å²) >= 11 is 7.33. The number of rotatable bonds is 9. The Labute approximate surface area is 192 Å². The molecule has 32 heavy (non-hydrogen) atoms. The van der Waals surface area contributed by atoms with Gasteiger partial charge >= 0.3 is 6.36 Å². The number of ether oxygens (including phenoxy) is 1. The lowest BCUT2D eigenvalue weighted by Crippen LogP contribution is -2.33. The molecule has 2 atom stereocenters. The lowest BCUT2D eigenvalue weighted by atomic mass is 10.1. The van der Waals surface area contributed by atoms with E-state index >= 15 is 0 Å². The third-order valence-electron chi connectivity index (χ3n) is 4.12. The van der Waals surface area contributed by atoms with Gasteiger partial charge in [-0.25, -0.2) is 0 Å². The van der Waals surface area contributed by atoms with E-state index < -0.39 is 31.0 Å². The molecule has 0 aliphatic heterocycles. The van der Waals surface area contributed by atoms with E-state index in [4.69, 9.17) is 11.6 Å². The fraction of sp³-hybridized carbons (Fsp3) is 0.190. The zero-order valence-electron chi connectivity index (χ0n) is 16.8. The molecule has 0 heterocycles. The average molecular weight is 506 g/mol. The molecule has 5 nitrogen and oxygen atoms in total. The molecule has 0 bridgehead atoms. The Bertz CT molecular complexity index is 1060. The highest BCUT2D eigenvalue weighted by Crippen LogP contribution is 2.44. The van der Waals surface area contributed by atoms with Gasteiger partial charge in [0.1, 0.15) is 11.4 Å². The van der Waals surface area contributed by atoms with E-state index in [0.29, 0.717) is 16.1 Å². The summed E-state index contributed by atoms with van der Waals surface area (Å²) in [5.41, 5.74) is -0.332. The van der Waals surface area contributed by atoms with Crippen LogP contribution >= 0.6 is 30.7 Å². The number of hydrogen-bond acceptors (Lipinski definition) is 4. The number of alkyl halides is 3. The van der Waals surface area contributed by atoms with Crippen LogP contribution in [-0.4, -0.2) is 29.5 Å². The Morgan fingerprint density at radius 3 is 2.69 bits per heavy atom. The van der Waals surface area contributed by atoms with E-state index in [2.05, 4.69) is 16.6 Å². The Morgan fingerprint density at radius 1 is 1.34 bits per heavy atom. The van der Waals surface area contributed by atoms with Gasteiger partial charge in [-0.1, -0.05) is 42.1 Å². The smallest absolute Gasteiger partial charge is 0.406 e. The second-order valence-corrected chi connectivity index (χ2v) is 10.6. The van der Waals surface area contributed by atoms with Gasteiger partial charge < -0.3 is 14.9 Å². The predicted molar refractivity (Wildman–Crippen MR) is 121 cm³/mol. The first-order chi connectivity index (χ1) is 14.9. The SMILES string of the molecule is C=CSc1ccc(Cl)cc1CC(C(=O)N/C=C/c1cccc(OC(F)(F)F)c1)P(C)(=O)O. The Balaban J connectivity index is 2.17. The van der Waals surface area contributed by atoms with Crippen LogP contribution in [0.3, 0.4) is 0 Å². The van der Waals surface area contributed by atoms with E-state index in [1.165, 1.54) is 36.2 Å². The number of carbonyl (C=O) groups excluding carboxylic acids is 1. The van der Waals surface area contributed by atoms with Gasteiger partial charge in [0.15, 0.2) is 0 Å². The summed E-state index contributed by atoms with van der Waals surface area (Å²) < 4.78 is 53.3. The molecule has 2 aromatic rings. The quantitative estimate of drug-likeness (QED) is 0.319. The monoisotopic (exact) mass is 505 g/mol. The van der Waals surface area contributed by atoms with Crippen LogP contribution in [0.15, 0.2) is 65.5 Å². The van der Waals surface area contributed by atoms with Crippen molar-refractivity contribution in [3.8, 4) is 5.75 Å². The van der Waals surface area contributed by atoms with Crippen LogP contribution in [0.5, 0.6) is 5.75 Å². The number of carbonyl (C=O) groups is 1. The minimum atomic E-state index is -4.82. The standard InChI is InChI=1S/C21H20ClF3NO4PS/c1-3-32-19-8-7-16(22)12-15(19)13-18(31(2,28)29)20(27)26-10-9-14-5-4-6-17(11-14)30-21(23,24)25/h3-12,18H,1,13H2,2H3,(H,26,27)(H,28,29)/b10-9+. The van der Waals surface area contributed by atoms with Gasteiger partial charge in [0.25, 0.3) is 0 Å². The number of nitrogens with one attached hydrogen (secondary N) is 1. The summed E-state index contributed by atoms with van der Waals surface area (Å²) in [5, 5.41) is 4.42. The zero-order valence-corrected chi connectivity index (χ0v) is 19.3. The van der Waals surface area contributed by atoms with Crippen molar-refractivity contribution in [1.82, 2.24) is 5.32 Å². The summed E-state index contributed by atoms with van der Waals surface area (Å²) in [6, 6.07) is 10.1. The number of hydrogen-bond donors (Lipinski definition) is 2. The molecule has 2 N–H and O–H groups in total. The van der Waals surface area contributed by atoms with E-state index in [0.717, 1.165) is 23.7 Å². The molecule has 0 saturated heterocycles. The van der Waals surface area contributed by atoms with Gasteiger partial charge in [-0.3, -0.25) is 9.36 Å². The minimum absolute atomic E-state index is 0.0460. The molecule has 0 aliphatic carbocycles. The highest BCUT2D eigenvalue weighted by atomic mass is 35.5. The minimum Gasteiger partial charge on any atom is -0.406 e. The fourth-order valence-corrected chi connectivity index (χ4v) is 4.59. The molecular weight excluding hydrogens is 486 g/mol. The summed E-state index contributed by atoms with van der Waals surface area (Å²) in [4.78, 5) is 23.6. The summed E-state index contributed by atoms with van der Waals surface area (Å²) in [6.45, 7) is 4.73. The molecule has 2 aromatic carbocycles. The third-order valence-corrected chi connectivity index (χ3v) is 6.75. The highest BCUT2D eigenvalue weighted by molar-refractivity contribution is 8.02. The maximum absolute atomic E-state index is 12.7. The normalized spacial score (nSPS) is 14.6. The van der Waals surface area contributed by atoms with Gasteiger partial charge in [-0.2, -0.15) is 0 Å². The number of benzene rings is 2. The van der Waals surface area contributed by atoms with Crippen LogP contribution in [0.2, 0.25) is 5.02 Å². The molecule has 0 spiro atoms. The summed E-state index contributed by atoms with van der Waals surface area (Å²) in [5.74, 6) is -1.13. The van der Waals surface area contributed by atoms with E-state index in [1.54, 1.807) is 23.6 Å². The zero-order chi connectivity index (χ0) is 23.9. The summed E-state index contributed by atoms with van der Waals surface area (Å²) in [6.07, 6.45) is -2.34. The second-order valence-electron chi connectivity index (χ2n) is 6.66. The fourth-order valence-electron chi connectivity index (χ4n) is 2.73. The largest absolute Gasteiger partial charge is 0.573 e. The van der Waals surface area contributed by atoms with Crippen molar-refractivity contribution in [2.24, 2.45) is 0 Å². The first-order valence-electron chi connectivity index (χ1n) is 9.07. The maximum atomic E-state index is 12.7. The van der Waals surface area contributed by atoms with Crippen molar-refractivity contribution in [2.45, 2.75) is 23.3 Å². The molecule has 172 valence electrons. The Hall–Kier alpha value is -2.19. The van der Waals surface area contributed by atoms with Crippen LogP contribution < -0.4 is 10.1 Å². The van der Waals surface area contributed by atoms with Gasteiger partial charge in [-0.05, 0) is 59.4 Å². The Kier molecular flexibility index (Phi) is 9.04. The lowest BCUT2D eigenvalue weighted by Gasteiger charge is -2.20. The predicted octanol–water partition coefficient (Wildman–Crippen LogP) is 6.07. The molecule has 0 aromatic heterocycles. The second kappa shape index (κ2) is 11.1.